The summed E-state index contributed by atoms with van der Waals surface area (Å²) in [6.07, 6.45) is 3.22. The second-order valence-corrected chi connectivity index (χ2v) is 13.5. The number of benzene rings is 2. The highest BCUT2D eigenvalue weighted by atomic mass is 32.2. The molecule has 2 aliphatic rings. The number of hydrogen-bond donors (Lipinski definition) is 5. The Morgan fingerprint density at radius 3 is 2.60 bits per heavy atom. The molecule has 0 radical (unpaired) electrons. The van der Waals surface area contributed by atoms with E-state index in [4.69, 9.17) is 9.47 Å². The molecule has 14 heteroatoms. The number of unbranched alkanes of at least 4 members (excludes halogenated alkanes) is 1. The van der Waals surface area contributed by atoms with Gasteiger partial charge in [-0.15, -0.1) is 0 Å². The highest BCUT2D eigenvalue weighted by Gasteiger charge is 2.42. The van der Waals surface area contributed by atoms with Crippen LogP contribution < -0.4 is 20.7 Å². The summed E-state index contributed by atoms with van der Waals surface area (Å²) >= 11 is 1.89. The van der Waals surface area contributed by atoms with E-state index in [0.717, 1.165) is 30.6 Å². The zero-order valence-electron chi connectivity index (χ0n) is 23.8. The van der Waals surface area contributed by atoms with Crippen LogP contribution in [0, 0.1) is 0 Å². The minimum Gasteiger partial charge on any atom is -0.378 e. The Morgan fingerprint density at radius 2 is 1.79 bits per heavy atom. The Kier molecular flexibility index (Phi) is 10.9. The van der Waals surface area contributed by atoms with Gasteiger partial charge in [-0.25, -0.2) is 22.9 Å². The first-order valence-electron chi connectivity index (χ1n) is 14.5. The molecule has 0 bridgehead atoms. The fourth-order valence-corrected chi connectivity index (χ4v) is 7.75. The van der Waals surface area contributed by atoms with Crippen molar-refractivity contribution >= 4 is 44.8 Å². The Labute approximate surface area is 255 Å². The summed E-state index contributed by atoms with van der Waals surface area (Å²) in [5.74, 6) is 1.63. The van der Waals surface area contributed by atoms with Crippen LogP contribution in [0.1, 0.15) is 25.7 Å². The van der Waals surface area contributed by atoms with Crippen molar-refractivity contribution in [1.29, 1.82) is 0 Å². The SMILES string of the molecule is O=C(CCCC[C@@H]1SC[C@@H]2NC(=O)N[C@@H]21)NCCOCCOCCNS(=O)(=O)c1ccc2nc(-c3ccccc3)[nH]c2c1. The Bertz CT molecular complexity index is 1490. The largest absolute Gasteiger partial charge is 0.378 e. The van der Waals surface area contributed by atoms with Gasteiger partial charge >= 0.3 is 6.03 Å². The van der Waals surface area contributed by atoms with Crippen molar-refractivity contribution in [3.05, 3.63) is 48.5 Å². The van der Waals surface area contributed by atoms with Crippen LogP contribution in [0.5, 0.6) is 0 Å². The van der Waals surface area contributed by atoms with E-state index in [1.807, 2.05) is 42.1 Å². The van der Waals surface area contributed by atoms with Crippen LogP contribution in [0.4, 0.5) is 4.79 Å². The lowest BCUT2D eigenvalue weighted by atomic mass is 10.0. The number of sulfonamides is 1. The van der Waals surface area contributed by atoms with Crippen LogP contribution in [0.25, 0.3) is 22.4 Å². The maximum Gasteiger partial charge on any atom is 0.315 e. The summed E-state index contributed by atoms with van der Waals surface area (Å²) in [5.41, 5.74) is 2.25. The van der Waals surface area contributed by atoms with Crippen molar-refractivity contribution in [1.82, 2.24) is 30.6 Å². The molecule has 2 aromatic carbocycles. The van der Waals surface area contributed by atoms with Crippen LogP contribution >= 0.6 is 11.8 Å². The van der Waals surface area contributed by atoms with E-state index in [2.05, 4.69) is 30.6 Å². The highest BCUT2D eigenvalue weighted by molar-refractivity contribution is 8.00. The maximum absolute atomic E-state index is 12.7. The average molecular weight is 631 g/mol. The summed E-state index contributed by atoms with van der Waals surface area (Å²) in [7, 11) is -3.71. The van der Waals surface area contributed by atoms with Crippen LogP contribution in [-0.2, 0) is 24.3 Å². The number of carbonyl (C=O) groups is 2. The number of hydrogen-bond acceptors (Lipinski definition) is 8. The van der Waals surface area contributed by atoms with Gasteiger partial charge < -0.3 is 30.4 Å². The number of nitrogens with zero attached hydrogens (tertiary/aromatic N) is 1. The van der Waals surface area contributed by atoms with Crippen molar-refractivity contribution in [3.63, 3.8) is 0 Å². The lowest BCUT2D eigenvalue weighted by molar-refractivity contribution is -0.121. The number of imidazole rings is 1. The predicted molar refractivity (Wildman–Crippen MR) is 165 cm³/mol. The number of urea groups is 1. The van der Waals surface area contributed by atoms with Crippen molar-refractivity contribution in [2.45, 2.75) is 47.9 Å². The van der Waals surface area contributed by atoms with E-state index in [1.165, 1.54) is 6.07 Å². The van der Waals surface area contributed by atoms with E-state index in [0.29, 0.717) is 54.9 Å². The molecule has 12 nitrogen and oxygen atoms in total. The molecule has 0 spiro atoms. The first kappa shape index (κ1) is 31.3. The van der Waals surface area contributed by atoms with Crippen LogP contribution in [0.2, 0.25) is 0 Å². The third-order valence-corrected chi connectivity index (χ3v) is 10.3. The molecule has 3 aromatic rings. The summed E-state index contributed by atoms with van der Waals surface area (Å²) in [4.78, 5) is 31.4. The van der Waals surface area contributed by atoms with Crippen LogP contribution in [-0.4, -0.2) is 92.9 Å². The molecule has 2 fully saturated rings. The fraction of sp³-hybridized carbons (Fsp3) is 0.483. The number of fused-ring (bicyclic) bond motifs is 2. The summed E-state index contributed by atoms with van der Waals surface area (Å²) in [6, 6.07) is 14.8. The molecule has 5 rings (SSSR count). The summed E-state index contributed by atoms with van der Waals surface area (Å²) < 4.78 is 39.0. The monoisotopic (exact) mass is 630 g/mol. The lowest BCUT2D eigenvalue weighted by Crippen LogP contribution is -2.36. The second kappa shape index (κ2) is 15.0. The van der Waals surface area contributed by atoms with Gasteiger partial charge in [0, 0.05) is 36.1 Å². The van der Waals surface area contributed by atoms with Crippen LogP contribution in [0.3, 0.4) is 0 Å². The van der Waals surface area contributed by atoms with Gasteiger partial charge in [0.15, 0.2) is 0 Å². The van der Waals surface area contributed by atoms with Gasteiger partial charge in [-0.05, 0) is 31.0 Å². The van der Waals surface area contributed by atoms with Gasteiger partial charge in [0.05, 0.1) is 54.4 Å². The van der Waals surface area contributed by atoms with Crippen LogP contribution in [0.15, 0.2) is 53.4 Å². The predicted octanol–water partition coefficient (Wildman–Crippen LogP) is 2.38. The number of aromatic amines is 1. The fourth-order valence-electron chi connectivity index (χ4n) is 5.17. The maximum atomic E-state index is 12.7. The topological polar surface area (TPSA) is 164 Å². The third-order valence-electron chi connectivity index (χ3n) is 7.37. The molecule has 5 N–H and O–H groups in total. The zero-order chi connectivity index (χ0) is 30.1. The van der Waals surface area contributed by atoms with Gasteiger partial charge in [-0.1, -0.05) is 36.8 Å². The van der Waals surface area contributed by atoms with Gasteiger partial charge in [-0.3, -0.25) is 4.79 Å². The number of H-pyrrole nitrogens is 1. The van der Waals surface area contributed by atoms with E-state index in [-0.39, 0.29) is 42.1 Å². The summed E-state index contributed by atoms with van der Waals surface area (Å²) in [5, 5.41) is 9.20. The second-order valence-electron chi connectivity index (χ2n) is 10.5. The molecule has 0 aliphatic carbocycles. The zero-order valence-corrected chi connectivity index (χ0v) is 25.5. The first-order valence-corrected chi connectivity index (χ1v) is 17.1. The minimum absolute atomic E-state index is 0.00299. The smallest absolute Gasteiger partial charge is 0.315 e. The average Bonchev–Trinajstić information content (AvgIpc) is 3.70. The molecule has 0 saturated carbocycles. The first-order chi connectivity index (χ1) is 20.9. The number of nitrogens with one attached hydrogen (secondary N) is 5. The number of ether oxygens (including phenoxy) is 2. The van der Waals surface area contributed by atoms with E-state index < -0.39 is 10.0 Å². The van der Waals surface area contributed by atoms with Gasteiger partial charge in [0.25, 0.3) is 0 Å². The Morgan fingerprint density at radius 1 is 1.00 bits per heavy atom. The standard InChI is InChI=1S/C29H38N6O6S2/c36-26(9-5-4-8-25-27-24(19-42-25)34-29(37)35-27)30-12-14-40-16-17-41-15-13-31-43(38,39)21-10-11-22-23(18-21)33-28(32-22)20-6-2-1-3-7-20/h1-3,6-7,10-11,18,24-25,27,31H,4-5,8-9,12-17,19H2,(H,30,36)(H,32,33)(H2,34,35,37)/t24-,25-,27-/m0/s1. The molecule has 3 atom stereocenters. The number of rotatable bonds is 17. The van der Waals surface area contributed by atoms with Gasteiger partial charge in [-0.2, -0.15) is 11.8 Å². The molecule has 2 aliphatic heterocycles. The molecule has 2 saturated heterocycles. The van der Waals surface area contributed by atoms with Gasteiger partial charge in [0.2, 0.25) is 15.9 Å². The number of carbonyl (C=O) groups excluding carboxylic acids is 2. The molecular formula is C29H38N6O6S2. The van der Waals surface area contributed by atoms with E-state index in [9.17, 15) is 18.0 Å². The summed E-state index contributed by atoms with van der Waals surface area (Å²) in [6.45, 7) is 1.78. The Balaban J connectivity index is 0.880. The number of aromatic nitrogens is 2. The molecule has 0 unspecified atom stereocenters. The minimum atomic E-state index is -3.71. The molecule has 232 valence electrons. The van der Waals surface area contributed by atoms with Crippen molar-refractivity contribution < 1.29 is 27.5 Å². The molecule has 43 heavy (non-hydrogen) atoms. The van der Waals surface area contributed by atoms with Crippen molar-refractivity contribution in [2.24, 2.45) is 0 Å². The van der Waals surface area contributed by atoms with E-state index in [1.54, 1.807) is 12.1 Å². The highest BCUT2D eigenvalue weighted by Crippen LogP contribution is 2.33. The molecule has 3 amide bonds. The normalized spacial score (nSPS) is 19.7. The molecule has 3 heterocycles. The van der Waals surface area contributed by atoms with E-state index >= 15 is 0 Å². The Hall–Kier alpha value is -3.17. The quantitative estimate of drug-likeness (QED) is 0.112. The molecule has 1 aromatic heterocycles. The van der Waals surface area contributed by atoms with Crippen molar-refractivity contribution in [3.8, 4) is 11.4 Å². The number of thioether (sulfide) groups is 1. The lowest BCUT2D eigenvalue weighted by Gasteiger charge is -2.16. The number of amides is 3. The third kappa shape index (κ3) is 8.70. The van der Waals surface area contributed by atoms with Crippen molar-refractivity contribution in [2.75, 3.05) is 45.3 Å². The van der Waals surface area contributed by atoms with Gasteiger partial charge in [0.1, 0.15) is 5.82 Å². The molecular weight excluding hydrogens is 592 g/mol.